The topological polar surface area (TPSA) is 12.5 Å². The van der Waals surface area contributed by atoms with Crippen LogP contribution in [-0.2, 0) is 9.87 Å². The van der Waals surface area contributed by atoms with Gasteiger partial charge in [-0.1, -0.05) is 99.9 Å². The maximum atomic E-state index is 6.73. The number of hydrogen-bond donors (Lipinski definition) is 0. The molecule has 1 heterocycles. The van der Waals surface area contributed by atoms with Crippen molar-refractivity contribution in [3.63, 3.8) is 0 Å². The zero-order valence-electron chi connectivity index (χ0n) is 15.7. The molecule has 1 saturated heterocycles. The van der Waals surface area contributed by atoms with Crippen molar-refractivity contribution in [2.75, 3.05) is 0 Å². The van der Waals surface area contributed by atoms with Gasteiger partial charge in [0.2, 0.25) is 0 Å². The lowest BCUT2D eigenvalue weighted by atomic mass is 10.0. The number of rotatable bonds is 5. The van der Waals surface area contributed by atoms with Gasteiger partial charge in [-0.05, 0) is 16.0 Å². The van der Waals surface area contributed by atoms with E-state index in [2.05, 4.69) is 99.9 Å². The molecule has 0 saturated carbocycles. The minimum atomic E-state index is -1.31. The summed E-state index contributed by atoms with van der Waals surface area (Å²) < 4.78 is 6.73. The Morgan fingerprint density at radius 2 is 1.08 bits per heavy atom. The van der Waals surface area contributed by atoms with Crippen molar-refractivity contribution in [2.45, 2.75) is 49.5 Å². The molecule has 0 radical (unpaired) electrons. The highest BCUT2D eigenvalue weighted by molar-refractivity contribution is 7.67. The van der Waals surface area contributed by atoms with E-state index in [1.54, 1.807) is 0 Å². The fourth-order valence-corrected chi connectivity index (χ4v) is 23.5. The van der Waals surface area contributed by atoms with Gasteiger partial charge in [-0.3, -0.25) is 0 Å². The standard InChI is InChI=1S/C20H29OPSi2/c1-23(2,3)19(24(4,5)6)22-20(21-22,17-13-9-7-10-14-17)18-15-11-8-12-16-18/h7-16,19H,1-6H3. The molecule has 0 N–H and O–H groups in total. The van der Waals surface area contributed by atoms with Gasteiger partial charge in [0, 0.05) is 0 Å². The molecule has 1 aliphatic rings. The zero-order chi connectivity index (χ0) is 17.6. The van der Waals surface area contributed by atoms with Crippen LogP contribution in [0.1, 0.15) is 11.1 Å². The Labute approximate surface area is 150 Å². The minimum Gasteiger partial charge on any atom is -0.333 e. The molecule has 2 aromatic rings. The number of hydrogen-bond acceptors (Lipinski definition) is 1. The second kappa shape index (κ2) is 6.21. The fraction of sp³-hybridized carbons (Fsp3) is 0.400. The molecule has 0 bridgehead atoms. The molecule has 0 spiro atoms. The third-order valence-electron chi connectivity index (χ3n) is 4.71. The SMILES string of the molecule is C[Si](C)(C)C(P1OC1(c1ccccc1)c1ccccc1)[Si](C)(C)C. The molecule has 1 unspecified atom stereocenters. The summed E-state index contributed by atoms with van der Waals surface area (Å²) in [6.07, 6.45) is 0. The fourth-order valence-electron chi connectivity index (χ4n) is 4.21. The van der Waals surface area contributed by atoms with Crippen LogP contribution in [0.2, 0.25) is 39.3 Å². The summed E-state index contributed by atoms with van der Waals surface area (Å²) in [6, 6.07) is 21.8. The summed E-state index contributed by atoms with van der Waals surface area (Å²) in [5.41, 5.74) is 2.67. The summed E-state index contributed by atoms with van der Waals surface area (Å²) >= 11 is 0. The van der Waals surface area contributed by atoms with E-state index in [0.29, 0.717) is 0 Å². The van der Waals surface area contributed by atoms with Crippen LogP contribution in [0, 0.1) is 0 Å². The van der Waals surface area contributed by atoms with E-state index in [0.717, 1.165) is 4.91 Å². The Balaban J connectivity index is 2.11. The quantitative estimate of drug-likeness (QED) is 0.334. The van der Waals surface area contributed by atoms with Crippen LogP contribution >= 0.6 is 8.15 Å². The van der Waals surface area contributed by atoms with Crippen LogP contribution < -0.4 is 0 Å². The first-order chi connectivity index (χ1) is 11.2. The molecule has 1 fully saturated rings. The second-order valence-corrected chi connectivity index (χ2v) is 23.1. The predicted molar refractivity (Wildman–Crippen MR) is 112 cm³/mol. The molecule has 4 heteroatoms. The van der Waals surface area contributed by atoms with Gasteiger partial charge in [-0.25, -0.2) is 0 Å². The molecule has 0 aromatic heterocycles. The average Bonchev–Trinajstić information content (AvgIpc) is 3.22. The van der Waals surface area contributed by atoms with E-state index in [1.807, 2.05) is 0 Å². The predicted octanol–water partition coefficient (Wildman–Crippen LogP) is 6.44. The lowest BCUT2D eigenvalue weighted by molar-refractivity contribution is 0.375. The molecular weight excluding hydrogens is 343 g/mol. The molecule has 1 atom stereocenters. The highest BCUT2D eigenvalue weighted by atomic mass is 31.2. The van der Waals surface area contributed by atoms with Crippen LogP contribution in [0.25, 0.3) is 0 Å². The maximum absolute atomic E-state index is 6.73. The first-order valence-corrected chi connectivity index (χ1v) is 17.3. The molecule has 0 aliphatic carbocycles. The Morgan fingerprint density at radius 1 is 0.708 bits per heavy atom. The van der Waals surface area contributed by atoms with Crippen molar-refractivity contribution in [1.29, 1.82) is 0 Å². The van der Waals surface area contributed by atoms with Gasteiger partial charge < -0.3 is 4.52 Å². The van der Waals surface area contributed by atoms with Crippen molar-refractivity contribution in [2.24, 2.45) is 0 Å². The molecule has 1 nitrogen and oxygen atoms in total. The normalized spacial score (nSPS) is 20.2. The first-order valence-electron chi connectivity index (χ1n) is 8.77. The second-order valence-electron chi connectivity index (χ2n) is 8.93. The van der Waals surface area contributed by atoms with Gasteiger partial charge in [0.25, 0.3) is 0 Å². The lowest BCUT2D eigenvalue weighted by Gasteiger charge is -2.38. The Hall–Kier alpha value is -0.736. The van der Waals surface area contributed by atoms with Gasteiger partial charge >= 0.3 is 0 Å². The van der Waals surface area contributed by atoms with Gasteiger partial charge in [0.15, 0.2) is 5.34 Å². The van der Waals surface area contributed by atoms with Crippen LogP contribution in [0.4, 0.5) is 0 Å². The van der Waals surface area contributed by atoms with E-state index in [4.69, 9.17) is 4.52 Å². The van der Waals surface area contributed by atoms with E-state index in [1.165, 1.54) is 11.1 Å². The van der Waals surface area contributed by atoms with Crippen molar-refractivity contribution in [3.8, 4) is 0 Å². The molecule has 1 aliphatic heterocycles. The lowest BCUT2D eigenvalue weighted by Crippen LogP contribution is -2.51. The molecule has 24 heavy (non-hydrogen) atoms. The average molecular weight is 373 g/mol. The van der Waals surface area contributed by atoms with Crippen LogP contribution in [0.5, 0.6) is 0 Å². The highest BCUT2D eigenvalue weighted by Crippen LogP contribution is 2.82. The largest absolute Gasteiger partial charge is 0.333 e. The Kier molecular flexibility index (Phi) is 4.67. The summed E-state index contributed by atoms with van der Waals surface area (Å²) in [6.45, 7) is 15.2. The van der Waals surface area contributed by atoms with E-state index < -0.39 is 24.3 Å². The summed E-state index contributed by atoms with van der Waals surface area (Å²) in [5, 5.41) is -0.178. The minimum absolute atomic E-state index is 0.178. The Morgan fingerprint density at radius 3 is 1.42 bits per heavy atom. The molecule has 128 valence electrons. The maximum Gasteiger partial charge on any atom is 0.165 e. The summed E-state index contributed by atoms with van der Waals surface area (Å²) in [7, 11) is -3.09. The smallest absolute Gasteiger partial charge is 0.165 e. The van der Waals surface area contributed by atoms with Crippen LogP contribution in [0.15, 0.2) is 60.7 Å². The first kappa shape index (κ1) is 18.1. The van der Waals surface area contributed by atoms with Gasteiger partial charge in [0.1, 0.15) is 0 Å². The monoisotopic (exact) mass is 372 g/mol. The van der Waals surface area contributed by atoms with Crippen LogP contribution in [0.3, 0.4) is 0 Å². The third kappa shape index (κ3) is 3.20. The molecular formula is C20H29OPSi2. The third-order valence-corrected chi connectivity index (χ3v) is 21.2. The number of benzene rings is 2. The highest BCUT2D eigenvalue weighted by Gasteiger charge is 2.66. The van der Waals surface area contributed by atoms with Crippen molar-refractivity contribution in [1.82, 2.24) is 0 Å². The van der Waals surface area contributed by atoms with E-state index in [9.17, 15) is 0 Å². The van der Waals surface area contributed by atoms with Crippen molar-refractivity contribution in [3.05, 3.63) is 71.8 Å². The zero-order valence-corrected chi connectivity index (χ0v) is 18.6. The van der Waals surface area contributed by atoms with Crippen LogP contribution in [-0.4, -0.2) is 21.1 Å². The van der Waals surface area contributed by atoms with Gasteiger partial charge in [-0.15, -0.1) is 0 Å². The molecule has 0 amide bonds. The summed E-state index contributed by atoms with van der Waals surface area (Å²) in [4.78, 5) is 0.792. The Bertz CT molecular complexity index is 636. The van der Waals surface area contributed by atoms with Crippen molar-refractivity contribution >= 4 is 24.3 Å². The van der Waals surface area contributed by atoms with E-state index in [-0.39, 0.29) is 5.34 Å². The van der Waals surface area contributed by atoms with Gasteiger partial charge in [0.05, 0.1) is 24.3 Å². The summed E-state index contributed by atoms with van der Waals surface area (Å²) in [5.74, 6) is 0. The van der Waals surface area contributed by atoms with Crippen molar-refractivity contribution < 1.29 is 4.52 Å². The van der Waals surface area contributed by atoms with E-state index >= 15 is 0 Å². The molecule has 2 aromatic carbocycles. The molecule has 3 rings (SSSR count). The van der Waals surface area contributed by atoms with Gasteiger partial charge in [-0.2, -0.15) is 0 Å².